The number of benzene rings is 2. The van der Waals surface area contributed by atoms with E-state index in [2.05, 4.69) is 4.90 Å². The van der Waals surface area contributed by atoms with E-state index in [1.54, 1.807) is 4.68 Å². The standard InChI is InChI=1S/C22H21ClN6O/c1-14-3-2-4-17(13-14)29-20(24)18-19(15-5-7-16(23)8-6-15)25-22(26-21(18)27-29)28-9-11-30-12-10-28/h2-8,13H,9-12,24H2,1H3. The molecule has 0 radical (unpaired) electrons. The first-order chi connectivity index (χ1) is 14.6. The van der Waals surface area contributed by atoms with Crippen LogP contribution in [-0.2, 0) is 4.74 Å². The predicted octanol–water partition coefficient (Wildman–Crippen LogP) is 3.86. The Bertz CT molecular complexity index is 1210. The van der Waals surface area contributed by atoms with Gasteiger partial charge >= 0.3 is 0 Å². The van der Waals surface area contributed by atoms with Crippen LogP contribution in [0.4, 0.5) is 11.8 Å². The third-order valence-electron chi connectivity index (χ3n) is 5.21. The number of aromatic nitrogens is 4. The lowest BCUT2D eigenvalue weighted by molar-refractivity contribution is 0.122. The Morgan fingerprint density at radius 2 is 1.80 bits per heavy atom. The molecule has 3 heterocycles. The van der Waals surface area contributed by atoms with Gasteiger partial charge in [-0.3, -0.25) is 0 Å². The summed E-state index contributed by atoms with van der Waals surface area (Å²) in [7, 11) is 0. The third-order valence-corrected chi connectivity index (χ3v) is 5.47. The molecule has 1 fully saturated rings. The van der Waals surface area contributed by atoms with Gasteiger partial charge < -0.3 is 15.4 Å². The fourth-order valence-electron chi connectivity index (χ4n) is 3.68. The first-order valence-electron chi connectivity index (χ1n) is 9.82. The molecule has 0 bridgehead atoms. The van der Waals surface area contributed by atoms with Crippen molar-refractivity contribution in [3.8, 4) is 16.9 Å². The Hall–Kier alpha value is -3.16. The number of morpholine rings is 1. The van der Waals surface area contributed by atoms with Crippen molar-refractivity contribution in [2.24, 2.45) is 0 Å². The Labute approximate surface area is 179 Å². The molecule has 2 N–H and O–H groups in total. The second-order valence-electron chi connectivity index (χ2n) is 7.31. The normalized spacial score (nSPS) is 14.4. The molecule has 0 saturated carbocycles. The van der Waals surface area contributed by atoms with Crippen molar-refractivity contribution in [2.75, 3.05) is 36.9 Å². The van der Waals surface area contributed by atoms with E-state index in [1.165, 1.54) is 0 Å². The van der Waals surface area contributed by atoms with Gasteiger partial charge in [-0.2, -0.15) is 4.98 Å². The quantitative estimate of drug-likeness (QED) is 0.542. The lowest BCUT2D eigenvalue weighted by atomic mass is 10.1. The maximum absolute atomic E-state index is 6.58. The van der Waals surface area contributed by atoms with Crippen molar-refractivity contribution in [1.29, 1.82) is 0 Å². The van der Waals surface area contributed by atoms with Crippen molar-refractivity contribution in [1.82, 2.24) is 19.7 Å². The summed E-state index contributed by atoms with van der Waals surface area (Å²) in [4.78, 5) is 11.8. The monoisotopic (exact) mass is 420 g/mol. The highest BCUT2D eigenvalue weighted by molar-refractivity contribution is 6.30. The van der Waals surface area contributed by atoms with Gasteiger partial charge in [-0.05, 0) is 36.8 Å². The molecule has 0 unspecified atom stereocenters. The number of hydrogen-bond acceptors (Lipinski definition) is 6. The van der Waals surface area contributed by atoms with Gasteiger partial charge in [0, 0.05) is 23.7 Å². The van der Waals surface area contributed by atoms with Crippen LogP contribution < -0.4 is 10.6 Å². The van der Waals surface area contributed by atoms with E-state index in [0.717, 1.165) is 41.0 Å². The third kappa shape index (κ3) is 3.36. The molecule has 0 amide bonds. The van der Waals surface area contributed by atoms with Gasteiger partial charge in [0.25, 0.3) is 0 Å². The second kappa shape index (κ2) is 7.59. The molecule has 1 aliphatic heterocycles. The molecule has 8 heteroatoms. The lowest BCUT2D eigenvalue weighted by Gasteiger charge is -2.27. The first-order valence-corrected chi connectivity index (χ1v) is 10.2. The molecule has 2 aromatic carbocycles. The van der Waals surface area contributed by atoms with E-state index in [0.29, 0.717) is 35.6 Å². The zero-order valence-corrected chi connectivity index (χ0v) is 17.3. The van der Waals surface area contributed by atoms with Crippen molar-refractivity contribution in [2.45, 2.75) is 6.92 Å². The molecular formula is C22H21ClN6O. The minimum absolute atomic E-state index is 0.508. The molecule has 7 nitrogen and oxygen atoms in total. The highest BCUT2D eigenvalue weighted by Crippen LogP contribution is 2.34. The van der Waals surface area contributed by atoms with Gasteiger partial charge in [-0.1, -0.05) is 35.9 Å². The number of ether oxygens (including phenoxy) is 1. The Morgan fingerprint density at radius 1 is 1.03 bits per heavy atom. The van der Waals surface area contributed by atoms with E-state index >= 15 is 0 Å². The largest absolute Gasteiger partial charge is 0.383 e. The molecule has 0 spiro atoms. The Kier molecular flexibility index (Phi) is 4.77. The molecule has 5 rings (SSSR count). The fraction of sp³-hybridized carbons (Fsp3) is 0.227. The minimum Gasteiger partial charge on any atom is -0.383 e. The number of hydrogen-bond donors (Lipinski definition) is 1. The van der Waals surface area contributed by atoms with E-state index < -0.39 is 0 Å². The van der Waals surface area contributed by atoms with Crippen molar-refractivity contribution < 1.29 is 4.74 Å². The maximum Gasteiger partial charge on any atom is 0.228 e. The number of fused-ring (bicyclic) bond motifs is 1. The van der Waals surface area contributed by atoms with Crippen LogP contribution in [0.2, 0.25) is 5.02 Å². The SMILES string of the molecule is Cc1cccc(-n2nc3nc(N4CCOCC4)nc(-c4ccc(Cl)cc4)c3c2N)c1. The summed E-state index contributed by atoms with van der Waals surface area (Å²) < 4.78 is 7.21. The summed E-state index contributed by atoms with van der Waals surface area (Å²) >= 11 is 6.10. The molecule has 30 heavy (non-hydrogen) atoms. The lowest BCUT2D eigenvalue weighted by Crippen LogP contribution is -2.37. The van der Waals surface area contributed by atoms with Crippen molar-refractivity contribution >= 4 is 34.4 Å². The molecule has 1 saturated heterocycles. The number of rotatable bonds is 3. The fourth-order valence-corrected chi connectivity index (χ4v) is 3.80. The number of nitrogen functional groups attached to an aromatic ring is 1. The van der Waals surface area contributed by atoms with Crippen LogP contribution in [0.15, 0.2) is 48.5 Å². The van der Waals surface area contributed by atoms with Gasteiger partial charge in [0.2, 0.25) is 5.95 Å². The van der Waals surface area contributed by atoms with Crippen molar-refractivity contribution in [3.63, 3.8) is 0 Å². The topological polar surface area (TPSA) is 82.1 Å². The average Bonchev–Trinajstić information content (AvgIpc) is 3.11. The first kappa shape index (κ1) is 18.8. The smallest absolute Gasteiger partial charge is 0.228 e. The van der Waals surface area contributed by atoms with Gasteiger partial charge in [0.1, 0.15) is 5.82 Å². The highest BCUT2D eigenvalue weighted by Gasteiger charge is 2.22. The summed E-state index contributed by atoms with van der Waals surface area (Å²) in [6.07, 6.45) is 0. The van der Waals surface area contributed by atoms with E-state index in [9.17, 15) is 0 Å². The van der Waals surface area contributed by atoms with Crippen LogP contribution in [-0.4, -0.2) is 46.1 Å². The van der Waals surface area contributed by atoms with Crippen LogP contribution in [0.3, 0.4) is 0 Å². The summed E-state index contributed by atoms with van der Waals surface area (Å²) in [6.45, 7) is 4.81. The van der Waals surface area contributed by atoms with E-state index in [-0.39, 0.29) is 0 Å². The molecule has 4 aromatic rings. The number of nitrogens with two attached hydrogens (primary N) is 1. The number of aryl methyl sites for hydroxylation is 1. The Balaban J connectivity index is 1.74. The van der Waals surface area contributed by atoms with Crippen LogP contribution in [0.5, 0.6) is 0 Å². The van der Waals surface area contributed by atoms with Gasteiger partial charge in [0.15, 0.2) is 5.65 Å². The van der Waals surface area contributed by atoms with Gasteiger partial charge in [-0.25, -0.2) is 9.67 Å². The van der Waals surface area contributed by atoms with Crippen LogP contribution >= 0.6 is 11.6 Å². The zero-order valence-electron chi connectivity index (χ0n) is 16.5. The number of halogens is 1. The predicted molar refractivity (Wildman–Crippen MR) is 119 cm³/mol. The molecule has 152 valence electrons. The molecule has 1 aliphatic rings. The van der Waals surface area contributed by atoms with Crippen LogP contribution in [0, 0.1) is 6.92 Å². The highest BCUT2D eigenvalue weighted by atomic mass is 35.5. The van der Waals surface area contributed by atoms with E-state index in [4.69, 9.17) is 37.1 Å². The second-order valence-corrected chi connectivity index (χ2v) is 7.75. The van der Waals surface area contributed by atoms with E-state index in [1.807, 2.05) is 55.5 Å². The molecular weight excluding hydrogens is 400 g/mol. The zero-order chi connectivity index (χ0) is 20.7. The molecule has 2 aromatic heterocycles. The van der Waals surface area contributed by atoms with Gasteiger partial charge in [-0.15, -0.1) is 5.10 Å². The average molecular weight is 421 g/mol. The summed E-state index contributed by atoms with van der Waals surface area (Å²) in [5.74, 6) is 1.14. The van der Waals surface area contributed by atoms with Crippen LogP contribution in [0.25, 0.3) is 28.0 Å². The Morgan fingerprint density at radius 3 is 2.53 bits per heavy atom. The summed E-state index contributed by atoms with van der Waals surface area (Å²) in [5, 5.41) is 6.14. The molecule has 0 atom stereocenters. The van der Waals surface area contributed by atoms with Gasteiger partial charge in [0.05, 0.1) is 30.0 Å². The molecule has 0 aliphatic carbocycles. The summed E-state index contributed by atoms with van der Waals surface area (Å²) in [5.41, 5.74) is 10.8. The number of anilines is 2. The minimum atomic E-state index is 0.508. The number of nitrogens with zero attached hydrogens (tertiary/aromatic N) is 5. The van der Waals surface area contributed by atoms with Crippen molar-refractivity contribution in [3.05, 3.63) is 59.1 Å². The maximum atomic E-state index is 6.58. The summed E-state index contributed by atoms with van der Waals surface area (Å²) in [6, 6.07) is 15.6. The van der Waals surface area contributed by atoms with Crippen LogP contribution in [0.1, 0.15) is 5.56 Å².